The van der Waals surface area contributed by atoms with Crippen LogP contribution in [0.15, 0.2) is 78.9 Å². The maximum atomic E-state index is 12.9. The maximum Gasteiger partial charge on any atom is 0.231 e. The van der Waals surface area contributed by atoms with Crippen molar-refractivity contribution in [3.8, 4) is 34.3 Å². The van der Waals surface area contributed by atoms with Crippen molar-refractivity contribution in [3.63, 3.8) is 0 Å². The predicted molar refractivity (Wildman–Crippen MR) is 154 cm³/mol. The van der Waals surface area contributed by atoms with E-state index in [4.69, 9.17) is 9.47 Å². The fourth-order valence-electron chi connectivity index (χ4n) is 4.90. The van der Waals surface area contributed by atoms with Crippen LogP contribution < -0.4 is 19.7 Å². The first-order valence-electron chi connectivity index (χ1n) is 13.6. The van der Waals surface area contributed by atoms with E-state index in [0.29, 0.717) is 37.0 Å². The second kappa shape index (κ2) is 12.0. The van der Waals surface area contributed by atoms with E-state index in [2.05, 4.69) is 35.7 Å². The number of fused-ring (bicyclic) bond motifs is 1. The third-order valence-electron chi connectivity index (χ3n) is 7.07. The van der Waals surface area contributed by atoms with E-state index < -0.39 is 0 Å². The first-order valence-corrected chi connectivity index (χ1v) is 13.6. The molecule has 0 bridgehead atoms. The van der Waals surface area contributed by atoms with Gasteiger partial charge in [0, 0.05) is 30.3 Å². The third-order valence-corrected chi connectivity index (χ3v) is 7.07. The lowest BCUT2D eigenvalue weighted by molar-refractivity contribution is -0.125. The number of nitrogens with zero attached hydrogens (tertiary/aromatic N) is 7. The maximum absolute atomic E-state index is 12.9. The molecule has 11 nitrogen and oxygen atoms in total. The molecule has 6 rings (SSSR count). The molecular formula is C30H30N8O3. The molecule has 1 aliphatic heterocycles. The normalized spacial score (nSPS) is 15.0. The van der Waals surface area contributed by atoms with Crippen molar-refractivity contribution in [2.45, 2.75) is 12.8 Å². The summed E-state index contributed by atoms with van der Waals surface area (Å²) in [6, 6.07) is 24.9. The Morgan fingerprint density at radius 3 is 2.56 bits per heavy atom. The number of benzene rings is 2. The SMILES string of the molecule is COc1ccc(-c2ccc(N3CCCC(C(=O)NCCOc4ccc5nnc(-c6ccccc6)n5n4)C3)nn2)cc1. The molecule has 1 saturated heterocycles. The van der Waals surface area contributed by atoms with Gasteiger partial charge in [0.1, 0.15) is 12.4 Å². The molecule has 0 aliphatic carbocycles. The average Bonchev–Trinajstić information content (AvgIpc) is 3.47. The monoisotopic (exact) mass is 550 g/mol. The molecule has 11 heteroatoms. The van der Waals surface area contributed by atoms with Crippen LogP contribution in [0.4, 0.5) is 5.82 Å². The van der Waals surface area contributed by atoms with Gasteiger partial charge in [-0.3, -0.25) is 4.79 Å². The van der Waals surface area contributed by atoms with E-state index in [9.17, 15) is 4.79 Å². The molecule has 0 radical (unpaired) electrons. The van der Waals surface area contributed by atoms with Gasteiger partial charge in [-0.25, -0.2) is 0 Å². The zero-order chi connectivity index (χ0) is 28.0. The summed E-state index contributed by atoms with van der Waals surface area (Å²) < 4.78 is 12.7. The van der Waals surface area contributed by atoms with E-state index in [1.165, 1.54) is 0 Å². The molecule has 0 spiro atoms. The highest BCUT2D eigenvalue weighted by molar-refractivity contribution is 5.79. The summed E-state index contributed by atoms with van der Waals surface area (Å²) in [4.78, 5) is 15.1. The molecule has 2 aromatic carbocycles. The largest absolute Gasteiger partial charge is 0.497 e. The first-order chi connectivity index (χ1) is 20.2. The highest BCUT2D eigenvalue weighted by atomic mass is 16.5. The minimum atomic E-state index is -0.133. The summed E-state index contributed by atoms with van der Waals surface area (Å²) in [5.74, 6) is 2.52. The molecule has 1 amide bonds. The van der Waals surface area contributed by atoms with Crippen molar-refractivity contribution in [2.24, 2.45) is 5.92 Å². The van der Waals surface area contributed by atoms with E-state index in [1.807, 2.05) is 72.8 Å². The van der Waals surface area contributed by atoms with Gasteiger partial charge in [0.2, 0.25) is 11.8 Å². The van der Waals surface area contributed by atoms with Crippen molar-refractivity contribution in [1.82, 2.24) is 35.3 Å². The number of rotatable bonds is 9. The van der Waals surface area contributed by atoms with Gasteiger partial charge in [0.15, 0.2) is 17.3 Å². The summed E-state index contributed by atoms with van der Waals surface area (Å²) in [6.07, 6.45) is 1.73. The smallest absolute Gasteiger partial charge is 0.231 e. The number of aromatic nitrogens is 6. The van der Waals surface area contributed by atoms with E-state index in [-0.39, 0.29) is 11.8 Å². The zero-order valence-electron chi connectivity index (χ0n) is 22.7. The number of nitrogens with one attached hydrogen (secondary N) is 1. The fraction of sp³-hybridized carbons (Fsp3) is 0.267. The van der Waals surface area contributed by atoms with Crippen molar-refractivity contribution in [1.29, 1.82) is 0 Å². The van der Waals surface area contributed by atoms with Gasteiger partial charge in [-0.15, -0.1) is 25.5 Å². The molecule has 1 unspecified atom stereocenters. The van der Waals surface area contributed by atoms with Gasteiger partial charge in [-0.1, -0.05) is 30.3 Å². The Morgan fingerprint density at radius 1 is 0.927 bits per heavy atom. The lowest BCUT2D eigenvalue weighted by atomic mass is 9.97. The number of ether oxygens (including phenoxy) is 2. The second-order valence-electron chi connectivity index (χ2n) is 9.76. The lowest BCUT2D eigenvalue weighted by Crippen LogP contribution is -2.44. The third kappa shape index (κ3) is 5.93. The van der Waals surface area contributed by atoms with Crippen LogP contribution in [0.2, 0.25) is 0 Å². The predicted octanol–water partition coefficient (Wildman–Crippen LogP) is 3.67. The second-order valence-corrected chi connectivity index (χ2v) is 9.76. The molecule has 1 N–H and O–H groups in total. The van der Waals surface area contributed by atoms with Crippen LogP contribution in [0.25, 0.3) is 28.3 Å². The molecule has 4 heterocycles. The first kappa shape index (κ1) is 26.2. The minimum absolute atomic E-state index is 0.00898. The number of carbonyl (C=O) groups is 1. The van der Waals surface area contributed by atoms with E-state index >= 15 is 0 Å². The Balaban J connectivity index is 1.01. The molecule has 41 heavy (non-hydrogen) atoms. The summed E-state index contributed by atoms with van der Waals surface area (Å²) in [7, 11) is 1.64. The van der Waals surface area contributed by atoms with Crippen molar-refractivity contribution < 1.29 is 14.3 Å². The van der Waals surface area contributed by atoms with E-state index in [1.54, 1.807) is 17.7 Å². The molecule has 1 fully saturated rings. The van der Waals surface area contributed by atoms with Crippen LogP contribution in [0.5, 0.6) is 11.6 Å². The molecule has 0 saturated carbocycles. The van der Waals surface area contributed by atoms with Crippen molar-refractivity contribution >= 4 is 17.4 Å². The molecule has 5 aromatic rings. The standard InChI is InChI=1S/C30H30N8O3/c1-40-24-11-9-21(10-12-24)25-13-14-26(33-32-25)37-18-5-8-23(20-37)30(39)31-17-19-41-28-16-15-27-34-35-29(38(27)36-28)22-6-3-2-4-7-22/h2-4,6-7,9-16,23H,5,8,17-20H2,1H3,(H,31,39). The molecular weight excluding hydrogens is 520 g/mol. The van der Waals surface area contributed by atoms with Gasteiger partial charge in [-0.05, 0) is 55.3 Å². The molecule has 1 aliphatic rings. The zero-order valence-corrected chi connectivity index (χ0v) is 22.7. The Bertz CT molecular complexity index is 1610. The number of anilines is 1. The number of hydrogen-bond acceptors (Lipinski definition) is 9. The van der Waals surface area contributed by atoms with Crippen LogP contribution in [0.3, 0.4) is 0 Å². The summed E-state index contributed by atoms with van der Waals surface area (Å²) >= 11 is 0. The molecule has 3 aromatic heterocycles. The van der Waals surface area contributed by atoms with Gasteiger partial charge >= 0.3 is 0 Å². The topological polar surface area (TPSA) is 120 Å². The van der Waals surface area contributed by atoms with Crippen molar-refractivity contribution in [2.75, 3.05) is 38.3 Å². The van der Waals surface area contributed by atoms with Crippen LogP contribution in [0.1, 0.15) is 12.8 Å². The minimum Gasteiger partial charge on any atom is -0.497 e. The summed E-state index contributed by atoms with van der Waals surface area (Å²) in [6.45, 7) is 2.10. The number of piperidine rings is 1. The average molecular weight is 551 g/mol. The Morgan fingerprint density at radius 2 is 1.78 bits per heavy atom. The van der Waals surface area contributed by atoms with E-state index in [0.717, 1.165) is 47.8 Å². The Kier molecular flexibility index (Phi) is 7.65. The highest BCUT2D eigenvalue weighted by Crippen LogP contribution is 2.25. The van der Waals surface area contributed by atoms with Crippen molar-refractivity contribution in [3.05, 3.63) is 78.9 Å². The quantitative estimate of drug-likeness (QED) is 0.274. The van der Waals surface area contributed by atoms with Crippen LogP contribution in [-0.2, 0) is 4.79 Å². The number of amides is 1. The van der Waals surface area contributed by atoms with Crippen LogP contribution in [0, 0.1) is 5.92 Å². The van der Waals surface area contributed by atoms with Gasteiger partial charge in [-0.2, -0.15) is 4.52 Å². The lowest BCUT2D eigenvalue weighted by Gasteiger charge is -2.32. The van der Waals surface area contributed by atoms with Gasteiger partial charge < -0.3 is 19.7 Å². The van der Waals surface area contributed by atoms with Gasteiger partial charge in [0.25, 0.3) is 0 Å². The van der Waals surface area contributed by atoms with Crippen LogP contribution >= 0.6 is 0 Å². The highest BCUT2D eigenvalue weighted by Gasteiger charge is 2.26. The van der Waals surface area contributed by atoms with Gasteiger partial charge in [0.05, 0.1) is 25.3 Å². The Hall–Kier alpha value is -5.06. The van der Waals surface area contributed by atoms with Crippen LogP contribution in [-0.4, -0.2) is 69.3 Å². The fourth-order valence-corrected chi connectivity index (χ4v) is 4.90. The summed E-state index contributed by atoms with van der Waals surface area (Å²) in [5.41, 5.74) is 3.30. The Labute approximate surface area is 237 Å². The number of methoxy groups -OCH3 is 1. The number of hydrogen-bond donors (Lipinski definition) is 1. The number of carbonyl (C=O) groups excluding carboxylic acids is 1. The summed E-state index contributed by atoms with van der Waals surface area (Å²) in [5, 5.41) is 24.8. The molecule has 1 atom stereocenters. The molecule has 208 valence electrons.